The Morgan fingerprint density at radius 2 is 1.88 bits per heavy atom. The molecule has 2 aromatic carbocycles. The molecule has 2 heterocycles. The van der Waals surface area contributed by atoms with Crippen LogP contribution in [0.15, 0.2) is 58.4 Å². The normalized spacial score (nSPS) is 19.3. The van der Waals surface area contributed by atoms with Crippen LogP contribution < -0.4 is 5.56 Å². The van der Waals surface area contributed by atoms with E-state index in [1.807, 2.05) is 22.4 Å². The van der Waals surface area contributed by atoms with Crippen molar-refractivity contribution in [3.8, 4) is 0 Å². The molecule has 1 unspecified atom stereocenters. The average Bonchev–Trinajstić information content (AvgIpc) is 3.37. The summed E-state index contributed by atoms with van der Waals surface area (Å²) in [5, 5.41) is 3.79. The fourth-order valence-corrected chi connectivity index (χ4v) is 5.44. The zero-order valence-electron chi connectivity index (χ0n) is 14.4. The van der Waals surface area contributed by atoms with Crippen molar-refractivity contribution in [3.63, 3.8) is 0 Å². The molecule has 1 aromatic heterocycles. The van der Waals surface area contributed by atoms with Crippen molar-refractivity contribution >= 4 is 22.5 Å². The summed E-state index contributed by atoms with van der Waals surface area (Å²) in [5.41, 5.74) is 4.17. The molecule has 0 spiro atoms. The van der Waals surface area contributed by atoms with Gasteiger partial charge in [-0.2, -0.15) is 0 Å². The Hall–Kier alpha value is -2.00. The molecule has 5 rings (SSSR count). The van der Waals surface area contributed by atoms with E-state index in [0.29, 0.717) is 12.0 Å². The van der Waals surface area contributed by atoms with Crippen molar-refractivity contribution in [2.24, 2.45) is 0 Å². The highest BCUT2D eigenvalue weighted by Crippen LogP contribution is 2.48. The predicted octanol–water partition coefficient (Wildman–Crippen LogP) is 5.14. The maximum atomic E-state index is 12.7. The second kappa shape index (κ2) is 5.77. The molecule has 1 fully saturated rings. The van der Waals surface area contributed by atoms with Gasteiger partial charge < -0.3 is 0 Å². The van der Waals surface area contributed by atoms with Crippen molar-refractivity contribution < 1.29 is 0 Å². The van der Waals surface area contributed by atoms with Crippen molar-refractivity contribution in [2.75, 3.05) is 5.75 Å². The number of nitrogens with zero attached hydrogens (tertiary/aromatic N) is 1. The van der Waals surface area contributed by atoms with E-state index in [1.54, 1.807) is 0 Å². The summed E-state index contributed by atoms with van der Waals surface area (Å²) in [5.74, 6) is 1.68. The van der Waals surface area contributed by atoms with Gasteiger partial charge in [0.2, 0.25) is 0 Å². The van der Waals surface area contributed by atoms with Gasteiger partial charge >= 0.3 is 0 Å². The van der Waals surface area contributed by atoms with Gasteiger partial charge in [-0.25, -0.2) is 0 Å². The fourth-order valence-electron chi connectivity index (χ4n) is 4.03. The SMILES string of the molecule is CC1CSc2c(C3CC3)c(Cc3ccc4ccccc4c3)cc(=O)n21. The van der Waals surface area contributed by atoms with Crippen molar-refractivity contribution in [2.45, 2.75) is 43.2 Å². The third-order valence-electron chi connectivity index (χ3n) is 5.43. The van der Waals surface area contributed by atoms with Gasteiger partial charge in [-0.15, -0.1) is 11.8 Å². The molecule has 0 amide bonds. The topological polar surface area (TPSA) is 22.0 Å². The Kier molecular flexibility index (Phi) is 3.53. The summed E-state index contributed by atoms with van der Waals surface area (Å²) in [4.78, 5) is 12.7. The molecule has 1 atom stereocenters. The van der Waals surface area contributed by atoms with Crippen molar-refractivity contribution in [1.82, 2.24) is 4.57 Å². The van der Waals surface area contributed by atoms with Crippen LogP contribution in [0, 0.1) is 0 Å². The summed E-state index contributed by atoms with van der Waals surface area (Å²) in [7, 11) is 0. The van der Waals surface area contributed by atoms with E-state index in [2.05, 4.69) is 49.4 Å². The lowest BCUT2D eigenvalue weighted by molar-refractivity contribution is 0.554. The minimum absolute atomic E-state index is 0.174. The maximum absolute atomic E-state index is 12.7. The zero-order chi connectivity index (χ0) is 17.0. The molecular weight excluding hydrogens is 326 g/mol. The van der Waals surface area contributed by atoms with Crippen molar-refractivity contribution in [3.05, 3.63) is 75.6 Å². The quantitative estimate of drug-likeness (QED) is 0.655. The molecule has 1 aliphatic carbocycles. The van der Waals surface area contributed by atoms with Crippen LogP contribution in [0.2, 0.25) is 0 Å². The lowest BCUT2D eigenvalue weighted by Crippen LogP contribution is -2.23. The van der Waals surface area contributed by atoms with E-state index >= 15 is 0 Å². The number of fused-ring (bicyclic) bond motifs is 2. The van der Waals surface area contributed by atoms with Crippen LogP contribution in [0.25, 0.3) is 10.8 Å². The molecular formula is C22H21NOS. The predicted molar refractivity (Wildman–Crippen MR) is 105 cm³/mol. The third kappa shape index (κ3) is 2.62. The molecule has 1 saturated carbocycles. The second-order valence-electron chi connectivity index (χ2n) is 7.39. The highest BCUT2D eigenvalue weighted by atomic mass is 32.2. The summed E-state index contributed by atoms with van der Waals surface area (Å²) >= 11 is 1.88. The van der Waals surface area contributed by atoms with E-state index in [0.717, 1.165) is 12.2 Å². The maximum Gasteiger partial charge on any atom is 0.251 e. The van der Waals surface area contributed by atoms with E-state index in [-0.39, 0.29) is 5.56 Å². The van der Waals surface area contributed by atoms with Crippen LogP contribution in [0.1, 0.15) is 48.4 Å². The first kappa shape index (κ1) is 15.3. The summed E-state index contributed by atoms with van der Waals surface area (Å²) in [6, 6.07) is 17.4. The molecule has 0 saturated heterocycles. The van der Waals surface area contributed by atoms with Gasteiger partial charge in [0.05, 0.1) is 5.03 Å². The van der Waals surface area contributed by atoms with Gasteiger partial charge in [-0.05, 0) is 59.6 Å². The van der Waals surface area contributed by atoms with E-state index in [1.165, 1.54) is 45.3 Å². The van der Waals surface area contributed by atoms with Crippen LogP contribution in [0.5, 0.6) is 0 Å². The van der Waals surface area contributed by atoms with Crippen molar-refractivity contribution in [1.29, 1.82) is 0 Å². The summed E-state index contributed by atoms with van der Waals surface area (Å²) in [6.45, 7) is 2.16. The molecule has 3 heteroatoms. The standard InChI is InChI=1S/C22H21NOS/c1-14-13-25-22-21(17-8-9-17)19(12-20(24)23(14)22)11-15-6-7-16-4-2-3-5-18(16)10-15/h2-7,10,12,14,17H,8-9,11,13H2,1H3. The van der Waals surface area contributed by atoms with Gasteiger partial charge in [-0.1, -0.05) is 42.5 Å². The van der Waals surface area contributed by atoms with E-state index in [4.69, 9.17) is 0 Å². The molecule has 126 valence electrons. The molecule has 0 N–H and O–H groups in total. The molecule has 25 heavy (non-hydrogen) atoms. The summed E-state index contributed by atoms with van der Waals surface area (Å²) < 4.78 is 2.03. The van der Waals surface area contributed by atoms with Gasteiger partial charge in [0.1, 0.15) is 0 Å². The van der Waals surface area contributed by atoms with E-state index in [9.17, 15) is 4.79 Å². The number of hydrogen-bond acceptors (Lipinski definition) is 2. The van der Waals surface area contributed by atoms with Gasteiger partial charge in [0.15, 0.2) is 0 Å². The van der Waals surface area contributed by atoms with Crippen LogP contribution in [-0.4, -0.2) is 10.3 Å². The molecule has 3 aromatic rings. The fraction of sp³-hybridized carbons (Fsp3) is 0.318. The van der Waals surface area contributed by atoms with Crippen LogP contribution in [0.3, 0.4) is 0 Å². The zero-order valence-corrected chi connectivity index (χ0v) is 15.2. The first-order chi connectivity index (χ1) is 12.2. The molecule has 0 bridgehead atoms. The summed E-state index contributed by atoms with van der Waals surface area (Å²) in [6.07, 6.45) is 3.39. The van der Waals surface area contributed by atoms with Gasteiger partial charge in [0.25, 0.3) is 5.56 Å². The molecule has 1 aliphatic heterocycles. The Labute approximate surface area is 151 Å². The number of pyridine rings is 1. The Morgan fingerprint density at radius 1 is 1.08 bits per heavy atom. The first-order valence-electron chi connectivity index (χ1n) is 9.09. The number of benzene rings is 2. The minimum Gasteiger partial charge on any atom is -0.299 e. The number of thioether (sulfide) groups is 1. The highest BCUT2D eigenvalue weighted by Gasteiger charge is 2.34. The Morgan fingerprint density at radius 3 is 2.68 bits per heavy atom. The second-order valence-corrected chi connectivity index (χ2v) is 8.40. The number of aromatic nitrogens is 1. The average molecular weight is 347 g/mol. The van der Waals surface area contributed by atoms with Crippen LogP contribution >= 0.6 is 11.8 Å². The lowest BCUT2D eigenvalue weighted by Gasteiger charge is -2.16. The first-order valence-corrected chi connectivity index (χ1v) is 10.1. The largest absolute Gasteiger partial charge is 0.299 e. The van der Waals surface area contributed by atoms with Crippen LogP contribution in [0.4, 0.5) is 0 Å². The highest BCUT2D eigenvalue weighted by molar-refractivity contribution is 7.99. The minimum atomic E-state index is 0.174. The Bertz CT molecular complexity index is 1030. The molecule has 2 aliphatic rings. The molecule has 0 radical (unpaired) electrons. The number of hydrogen-bond donors (Lipinski definition) is 0. The molecule has 2 nitrogen and oxygen atoms in total. The number of rotatable bonds is 3. The lowest BCUT2D eigenvalue weighted by atomic mass is 9.97. The Balaban J connectivity index is 1.61. The smallest absolute Gasteiger partial charge is 0.251 e. The van der Waals surface area contributed by atoms with Gasteiger partial charge in [-0.3, -0.25) is 9.36 Å². The monoisotopic (exact) mass is 347 g/mol. The van der Waals surface area contributed by atoms with Crippen LogP contribution in [-0.2, 0) is 6.42 Å². The third-order valence-corrected chi connectivity index (χ3v) is 6.77. The van der Waals surface area contributed by atoms with E-state index < -0.39 is 0 Å². The van der Waals surface area contributed by atoms with Gasteiger partial charge in [0, 0.05) is 17.9 Å².